The molecule has 0 bridgehead atoms. The second-order valence-corrected chi connectivity index (χ2v) is 9.04. The number of hydrogen-bond acceptors (Lipinski definition) is 7. The molecule has 0 spiro atoms. The molecule has 41 heavy (non-hydrogen) atoms. The monoisotopic (exact) mass is 555 g/mol. The predicted molar refractivity (Wildman–Crippen MR) is 146 cm³/mol. The highest BCUT2D eigenvalue weighted by Crippen LogP contribution is 2.45. The standard InChI is InChI=1S/C29H20F3N7O2/c1-14(2)28(40)38-18-5-6-19(20(31)9-18)26-23(24-25(39(26)3)16(10-33)11-35-27(24)34)15-4-7-22(21(32)8-15)41-29-36-12-17(30)13-37-29/h4-9,11-13H,1H2,2-3H3,(H2,34,35)(H,38,40). The van der Waals surface area contributed by atoms with Gasteiger partial charge in [0.2, 0.25) is 0 Å². The Morgan fingerprint density at radius 1 is 1.07 bits per heavy atom. The first kappa shape index (κ1) is 26.9. The Balaban J connectivity index is 1.70. The van der Waals surface area contributed by atoms with Crippen molar-refractivity contribution in [1.82, 2.24) is 19.5 Å². The lowest BCUT2D eigenvalue weighted by atomic mass is 9.97. The molecule has 0 aliphatic heterocycles. The number of nitriles is 1. The number of nitrogens with zero attached hydrogens (tertiary/aromatic N) is 5. The van der Waals surface area contributed by atoms with Crippen LogP contribution >= 0.6 is 0 Å². The van der Waals surface area contributed by atoms with Gasteiger partial charge in [0.25, 0.3) is 5.91 Å². The van der Waals surface area contributed by atoms with E-state index in [1.807, 2.05) is 0 Å². The van der Waals surface area contributed by atoms with E-state index in [1.165, 1.54) is 37.4 Å². The summed E-state index contributed by atoms with van der Waals surface area (Å²) in [7, 11) is 1.62. The number of fused-ring (bicyclic) bond motifs is 1. The minimum absolute atomic E-state index is 0.0436. The summed E-state index contributed by atoms with van der Waals surface area (Å²) in [4.78, 5) is 23.5. The Labute approximate surface area is 231 Å². The molecule has 5 aromatic rings. The number of nitrogen functional groups attached to an aromatic ring is 1. The van der Waals surface area contributed by atoms with Gasteiger partial charge in [-0.2, -0.15) is 5.26 Å². The fourth-order valence-corrected chi connectivity index (χ4v) is 4.40. The minimum Gasteiger partial charge on any atom is -0.421 e. The van der Waals surface area contributed by atoms with Gasteiger partial charge in [0.15, 0.2) is 17.4 Å². The summed E-state index contributed by atoms with van der Waals surface area (Å²) in [5, 5.41) is 12.6. The molecule has 0 unspecified atom stereocenters. The lowest BCUT2D eigenvalue weighted by Crippen LogP contribution is -2.12. The van der Waals surface area contributed by atoms with Crippen molar-refractivity contribution < 1.29 is 22.7 Å². The van der Waals surface area contributed by atoms with Crippen LogP contribution in [0.4, 0.5) is 24.7 Å². The average molecular weight is 556 g/mol. The van der Waals surface area contributed by atoms with Crippen LogP contribution in [0.2, 0.25) is 0 Å². The van der Waals surface area contributed by atoms with Gasteiger partial charge in [-0.1, -0.05) is 12.6 Å². The zero-order chi connectivity index (χ0) is 29.4. The van der Waals surface area contributed by atoms with Crippen LogP contribution in [0.25, 0.3) is 33.3 Å². The van der Waals surface area contributed by atoms with Crippen molar-refractivity contribution in [2.75, 3.05) is 11.1 Å². The number of ether oxygens (including phenoxy) is 1. The Morgan fingerprint density at radius 3 is 2.44 bits per heavy atom. The SMILES string of the molecule is C=C(C)C(=O)Nc1ccc(-c2c(-c3ccc(Oc4ncc(F)cn4)c(F)c3)c3c(N)ncc(C#N)c3n2C)c(F)c1. The number of amides is 1. The van der Waals surface area contributed by atoms with Gasteiger partial charge in [0.1, 0.15) is 17.7 Å². The van der Waals surface area contributed by atoms with Crippen molar-refractivity contribution in [2.45, 2.75) is 6.92 Å². The molecule has 0 radical (unpaired) electrons. The highest BCUT2D eigenvalue weighted by Gasteiger charge is 2.26. The van der Waals surface area contributed by atoms with Crippen LogP contribution in [0.15, 0.2) is 67.1 Å². The normalized spacial score (nSPS) is 10.8. The summed E-state index contributed by atoms with van der Waals surface area (Å²) in [6.07, 6.45) is 3.06. The van der Waals surface area contributed by atoms with Gasteiger partial charge in [-0.3, -0.25) is 4.79 Å². The quantitative estimate of drug-likeness (QED) is 0.250. The molecule has 0 fully saturated rings. The van der Waals surface area contributed by atoms with Crippen molar-refractivity contribution in [3.63, 3.8) is 0 Å². The van der Waals surface area contributed by atoms with Crippen molar-refractivity contribution in [3.8, 4) is 40.2 Å². The van der Waals surface area contributed by atoms with Gasteiger partial charge >= 0.3 is 6.01 Å². The number of nitrogens with one attached hydrogen (secondary N) is 1. The first-order valence-electron chi connectivity index (χ1n) is 12.0. The van der Waals surface area contributed by atoms with Gasteiger partial charge in [-0.05, 0) is 42.8 Å². The molecule has 0 saturated heterocycles. The molecule has 0 saturated carbocycles. The zero-order valence-electron chi connectivity index (χ0n) is 21.7. The summed E-state index contributed by atoms with van der Waals surface area (Å²) in [5.74, 6) is -2.87. The minimum atomic E-state index is -0.820. The molecule has 3 heterocycles. The lowest BCUT2D eigenvalue weighted by molar-refractivity contribution is -0.112. The molecular formula is C29H20F3N7O2. The fraction of sp³-hybridized carbons (Fsp3) is 0.0690. The molecule has 3 aromatic heterocycles. The second-order valence-electron chi connectivity index (χ2n) is 9.04. The fourth-order valence-electron chi connectivity index (χ4n) is 4.40. The van der Waals surface area contributed by atoms with Crippen LogP contribution < -0.4 is 15.8 Å². The smallest absolute Gasteiger partial charge is 0.322 e. The van der Waals surface area contributed by atoms with E-state index in [2.05, 4.69) is 32.9 Å². The van der Waals surface area contributed by atoms with Crippen LogP contribution in [0.5, 0.6) is 11.8 Å². The Hall–Kier alpha value is -5.70. The van der Waals surface area contributed by atoms with Gasteiger partial charge in [0, 0.05) is 35.6 Å². The first-order valence-corrected chi connectivity index (χ1v) is 12.0. The van der Waals surface area contributed by atoms with Crippen molar-refractivity contribution in [1.29, 1.82) is 5.26 Å². The zero-order valence-corrected chi connectivity index (χ0v) is 21.7. The summed E-state index contributed by atoms with van der Waals surface area (Å²) >= 11 is 0. The molecule has 5 rings (SSSR count). The van der Waals surface area contributed by atoms with E-state index in [0.717, 1.165) is 24.5 Å². The number of benzene rings is 2. The van der Waals surface area contributed by atoms with Gasteiger partial charge in [0.05, 0.1) is 34.6 Å². The Morgan fingerprint density at radius 2 is 1.80 bits per heavy atom. The number of rotatable bonds is 6. The second kappa shape index (κ2) is 10.5. The Bertz CT molecular complexity index is 1910. The third-order valence-electron chi connectivity index (χ3n) is 6.25. The summed E-state index contributed by atoms with van der Waals surface area (Å²) in [6.45, 7) is 5.09. The number of pyridine rings is 1. The predicted octanol–water partition coefficient (Wildman–Crippen LogP) is 5.88. The number of halogens is 3. The summed E-state index contributed by atoms with van der Waals surface area (Å²) in [5.41, 5.74) is 8.20. The van der Waals surface area contributed by atoms with E-state index in [0.29, 0.717) is 16.5 Å². The molecule has 12 heteroatoms. The molecule has 2 aromatic carbocycles. The maximum atomic E-state index is 15.7. The van der Waals surface area contributed by atoms with E-state index in [-0.39, 0.29) is 51.2 Å². The number of aryl methyl sites for hydroxylation is 1. The van der Waals surface area contributed by atoms with Crippen molar-refractivity contribution in [2.24, 2.45) is 7.05 Å². The van der Waals surface area contributed by atoms with Crippen molar-refractivity contribution >= 4 is 28.3 Å². The van der Waals surface area contributed by atoms with Crippen LogP contribution in [0.1, 0.15) is 12.5 Å². The highest BCUT2D eigenvalue weighted by molar-refractivity contribution is 6.11. The number of anilines is 2. The molecule has 9 nitrogen and oxygen atoms in total. The molecule has 1 amide bonds. The van der Waals surface area contributed by atoms with Gasteiger partial charge in [-0.15, -0.1) is 0 Å². The summed E-state index contributed by atoms with van der Waals surface area (Å²) in [6, 6.07) is 9.87. The van der Waals surface area contributed by atoms with Crippen LogP contribution in [0, 0.1) is 28.8 Å². The number of nitrogens with two attached hydrogens (primary N) is 1. The topological polar surface area (TPSA) is 132 Å². The van der Waals surface area contributed by atoms with E-state index < -0.39 is 23.4 Å². The number of aromatic nitrogens is 4. The third kappa shape index (κ3) is 4.92. The Kier molecular flexibility index (Phi) is 6.86. The molecule has 0 aliphatic carbocycles. The molecule has 3 N–H and O–H groups in total. The third-order valence-corrected chi connectivity index (χ3v) is 6.25. The van der Waals surface area contributed by atoms with E-state index >= 15 is 8.78 Å². The van der Waals surface area contributed by atoms with Crippen LogP contribution in [-0.2, 0) is 11.8 Å². The maximum Gasteiger partial charge on any atom is 0.322 e. The summed E-state index contributed by atoms with van der Waals surface area (Å²) < 4.78 is 51.1. The molecular weight excluding hydrogens is 535 g/mol. The number of hydrogen-bond donors (Lipinski definition) is 2. The van der Waals surface area contributed by atoms with Gasteiger partial charge < -0.3 is 20.4 Å². The van der Waals surface area contributed by atoms with Crippen LogP contribution in [-0.4, -0.2) is 25.4 Å². The van der Waals surface area contributed by atoms with E-state index in [1.54, 1.807) is 11.6 Å². The first-order chi connectivity index (χ1) is 19.6. The van der Waals surface area contributed by atoms with Gasteiger partial charge in [-0.25, -0.2) is 28.1 Å². The molecule has 0 aliphatic rings. The van der Waals surface area contributed by atoms with E-state index in [4.69, 9.17) is 10.5 Å². The number of carbonyl (C=O) groups excluding carboxylic acids is 1. The lowest BCUT2D eigenvalue weighted by Gasteiger charge is -2.13. The highest BCUT2D eigenvalue weighted by atomic mass is 19.1. The van der Waals surface area contributed by atoms with E-state index in [9.17, 15) is 14.4 Å². The molecule has 0 atom stereocenters. The van der Waals surface area contributed by atoms with Crippen molar-refractivity contribution in [3.05, 3.63) is 90.2 Å². The molecule has 204 valence electrons. The largest absolute Gasteiger partial charge is 0.421 e. The average Bonchev–Trinajstić information content (AvgIpc) is 3.25. The number of carbonyl (C=O) groups is 1. The maximum absolute atomic E-state index is 15.7. The van der Waals surface area contributed by atoms with Crippen LogP contribution in [0.3, 0.4) is 0 Å².